The van der Waals surface area contributed by atoms with Crippen LogP contribution in [0.4, 0.5) is 0 Å². The molecule has 0 radical (unpaired) electrons. The van der Waals surface area contributed by atoms with E-state index in [1.165, 1.54) is 12.1 Å². The molecule has 1 aromatic rings. The van der Waals surface area contributed by atoms with Gasteiger partial charge in [-0.2, -0.15) is 0 Å². The molecule has 2 N–H and O–H groups in total. The van der Waals surface area contributed by atoms with Crippen molar-refractivity contribution in [3.05, 3.63) is 33.8 Å². The van der Waals surface area contributed by atoms with E-state index in [2.05, 4.69) is 20.7 Å². The van der Waals surface area contributed by atoms with E-state index in [4.69, 9.17) is 9.22 Å². The average molecular weight is 292 g/mol. The third-order valence-corrected chi connectivity index (χ3v) is 2.59. The van der Waals surface area contributed by atoms with Gasteiger partial charge in [0.25, 0.3) is 0 Å². The quantitative estimate of drug-likeness (QED) is 0.873. The Kier molecular flexibility index (Phi) is 3.42. The van der Waals surface area contributed by atoms with E-state index in [0.717, 1.165) is 0 Å². The van der Waals surface area contributed by atoms with Crippen LogP contribution in [0.3, 0.4) is 0 Å². The number of hydrogen-bond donors (Lipinski definition) is 2. The fourth-order valence-corrected chi connectivity index (χ4v) is 1.69. The second-order valence-electron chi connectivity index (χ2n) is 3.19. The van der Waals surface area contributed by atoms with Crippen LogP contribution in [-0.4, -0.2) is 29.8 Å². The molecule has 5 heteroatoms. The van der Waals surface area contributed by atoms with Crippen LogP contribution in [-0.2, 0) is 4.74 Å². The van der Waals surface area contributed by atoms with Gasteiger partial charge in [0.2, 0.25) is 0 Å². The molecule has 0 aromatic heterocycles. The molecule has 1 unspecified atom stereocenters. The summed E-state index contributed by atoms with van der Waals surface area (Å²) in [5.74, 6) is -1.16. The Morgan fingerprint density at radius 3 is 3.06 bits per heavy atom. The maximum Gasteiger partial charge on any atom is 0.336 e. The van der Waals surface area contributed by atoms with Crippen LogP contribution < -0.4 is 0 Å². The minimum absolute atomic E-state index is 0.000300. The second-order valence-corrected chi connectivity index (χ2v) is 4.11. The Morgan fingerprint density at radius 2 is 2.44 bits per heavy atom. The lowest BCUT2D eigenvalue weighted by molar-refractivity contribution is 0.0682. The van der Waals surface area contributed by atoms with Crippen molar-refractivity contribution in [2.75, 3.05) is 13.6 Å². The van der Waals surface area contributed by atoms with Gasteiger partial charge in [-0.1, -0.05) is 22.0 Å². The summed E-state index contributed by atoms with van der Waals surface area (Å²) >= 11 is 3.15. The van der Waals surface area contributed by atoms with Crippen molar-refractivity contribution in [3.8, 4) is 0 Å². The van der Waals surface area contributed by atoms with Gasteiger partial charge in [0.1, 0.15) is 0 Å². The molecule has 0 saturated heterocycles. The first-order valence-corrected chi connectivity index (χ1v) is 5.35. The van der Waals surface area contributed by atoms with Crippen LogP contribution in [0.2, 0.25) is 0 Å². The third-order valence-electron chi connectivity index (χ3n) is 2.10. The number of hydrogen-bond acceptors (Lipinski definition) is 3. The first kappa shape index (κ1) is 9.15. The Bertz CT molecular complexity index is 462. The van der Waals surface area contributed by atoms with Crippen molar-refractivity contribution in [2.24, 2.45) is 0 Å². The number of benzene rings is 1. The van der Waals surface area contributed by atoms with Gasteiger partial charge in [-0.05, 0) is 17.7 Å². The molecule has 0 aliphatic heterocycles. The Morgan fingerprint density at radius 1 is 1.69 bits per heavy atom. The van der Waals surface area contributed by atoms with E-state index in [1.54, 1.807) is 6.07 Å². The first-order valence-electron chi connectivity index (χ1n) is 6.05. The zero-order chi connectivity index (χ0) is 14.6. The minimum Gasteiger partial charge on any atom is -0.478 e. The van der Waals surface area contributed by atoms with Gasteiger partial charge in [0.05, 0.1) is 15.8 Å². The van der Waals surface area contributed by atoms with E-state index in [-0.39, 0.29) is 24.2 Å². The second kappa shape index (κ2) is 5.98. The first-order chi connectivity index (χ1) is 8.70. The van der Waals surface area contributed by atoms with Crippen LogP contribution in [0, 0.1) is 0 Å². The van der Waals surface area contributed by atoms with Crippen molar-refractivity contribution in [1.82, 2.24) is 0 Å². The lowest BCUT2D eigenvalue weighted by Gasteiger charge is -2.13. The fraction of sp³-hybridized carbons (Fsp3) is 0.364. The predicted octanol–water partition coefficient (Wildman–Crippen LogP) is 2.22. The summed E-state index contributed by atoms with van der Waals surface area (Å²) in [5, 5.41) is 18.9. The monoisotopic (exact) mass is 291 g/mol. The topological polar surface area (TPSA) is 66.8 Å². The number of rotatable bonds is 5. The number of carbonyl (C=O) groups is 1. The molecular weight excluding hydrogens is 276 g/mol. The molecule has 0 aliphatic rings. The molecule has 0 bridgehead atoms. The SMILES string of the molecule is [2H]C([2H])([2H])OCCC(O)c1ccc(Br)cc1C(=O)O. The normalized spacial score (nSPS) is 16.0. The van der Waals surface area contributed by atoms with Crippen LogP contribution in [0.15, 0.2) is 22.7 Å². The highest BCUT2D eigenvalue weighted by Gasteiger charge is 2.16. The summed E-state index contributed by atoms with van der Waals surface area (Å²) in [6.07, 6.45) is -1.10. The summed E-state index contributed by atoms with van der Waals surface area (Å²) < 4.78 is 25.7. The fourth-order valence-electron chi connectivity index (χ4n) is 1.33. The Balaban J connectivity index is 2.76. The summed E-state index contributed by atoms with van der Waals surface area (Å²) in [7, 11) is -2.52. The maximum absolute atomic E-state index is 11.1. The van der Waals surface area contributed by atoms with Gasteiger partial charge >= 0.3 is 5.97 Å². The zero-order valence-corrected chi connectivity index (χ0v) is 9.90. The van der Waals surface area contributed by atoms with Crippen molar-refractivity contribution in [1.29, 1.82) is 0 Å². The molecule has 0 saturated carbocycles. The average Bonchev–Trinajstić information content (AvgIpc) is 2.26. The van der Waals surface area contributed by atoms with E-state index >= 15 is 0 Å². The highest BCUT2D eigenvalue weighted by atomic mass is 79.9. The van der Waals surface area contributed by atoms with E-state index in [9.17, 15) is 9.90 Å². The molecule has 0 spiro atoms. The Labute approximate surface area is 106 Å². The summed E-state index contributed by atoms with van der Waals surface area (Å²) in [6.45, 7) is -0.188. The molecule has 1 rings (SSSR count). The van der Waals surface area contributed by atoms with Gasteiger partial charge in [-0.15, -0.1) is 0 Å². The number of aliphatic hydroxyl groups excluding tert-OH is 1. The predicted molar refractivity (Wildman–Crippen MR) is 62.6 cm³/mol. The van der Waals surface area contributed by atoms with Crippen LogP contribution in [0.1, 0.15) is 32.6 Å². The highest BCUT2D eigenvalue weighted by molar-refractivity contribution is 9.10. The molecule has 0 fully saturated rings. The van der Waals surface area contributed by atoms with Crippen molar-refractivity contribution in [2.45, 2.75) is 12.5 Å². The van der Waals surface area contributed by atoms with Crippen molar-refractivity contribution in [3.63, 3.8) is 0 Å². The summed E-state index contributed by atoms with van der Waals surface area (Å²) in [4.78, 5) is 11.1. The molecular formula is C11H13BrO4. The number of aromatic carboxylic acids is 1. The van der Waals surface area contributed by atoms with Gasteiger partial charge in [0, 0.05) is 24.5 Å². The van der Waals surface area contributed by atoms with Crippen LogP contribution in [0.25, 0.3) is 0 Å². The number of aliphatic hydroxyl groups is 1. The summed E-state index contributed by atoms with van der Waals surface area (Å²) in [6, 6.07) is 4.47. The largest absolute Gasteiger partial charge is 0.478 e. The number of carboxylic acids is 1. The molecule has 0 heterocycles. The van der Waals surface area contributed by atoms with Crippen molar-refractivity contribution < 1.29 is 23.9 Å². The van der Waals surface area contributed by atoms with E-state index < -0.39 is 19.1 Å². The number of methoxy groups -OCH3 is 1. The molecule has 88 valence electrons. The van der Waals surface area contributed by atoms with Crippen molar-refractivity contribution >= 4 is 21.9 Å². The molecule has 1 atom stereocenters. The molecule has 1 aromatic carbocycles. The van der Waals surface area contributed by atoms with Crippen LogP contribution >= 0.6 is 15.9 Å². The van der Waals surface area contributed by atoms with Gasteiger partial charge < -0.3 is 14.9 Å². The Hall–Kier alpha value is -0.910. The van der Waals surface area contributed by atoms with E-state index in [0.29, 0.717) is 4.47 Å². The highest BCUT2D eigenvalue weighted by Crippen LogP contribution is 2.24. The van der Waals surface area contributed by atoms with Crippen LogP contribution in [0.5, 0.6) is 0 Å². The van der Waals surface area contributed by atoms with Gasteiger partial charge in [-0.3, -0.25) is 0 Å². The van der Waals surface area contributed by atoms with E-state index in [1.807, 2.05) is 0 Å². The molecule has 4 nitrogen and oxygen atoms in total. The summed E-state index contributed by atoms with van der Waals surface area (Å²) in [5.41, 5.74) is 0.195. The third kappa shape index (κ3) is 3.30. The number of ether oxygens (including phenoxy) is 1. The lowest BCUT2D eigenvalue weighted by Crippen LogP contribution is -2.09. The van der Waals surface area contributed by atoms with Gasteiger partial charge in [-0.25, -0.2) is 4.79 Å². The number of carboxylic acid groups (broad SMARTS) is 1. The van der Waals surface area contributed by atoms with Gasteiger partial charge in [0.15, 0.2) is 0 Å². The zero-order valence-electron chi connectivity index (χ0n) is 11.3. The maximum atomic E-state index is 11.1. The lowest BCUT2D eigenvalue weighted by atomic mass is 10.0. The number of halogens is 1. The molecule has 0 aliphatic carbocycles. The smallest absolute Gasteiger partial charge is 0.336 e. The molecule has 16 heavy (non-hydrogen) atoms. The minimum atomic E-state index is -2.52. The molecule has 0 amide bonds. The standard InChI is InChI=1S/C11H13BrO4/c1-16-5-4-10(13)8-3-2-7(12)6-9(8)11(14)15/h2-3,6,10,13H,4-5H2,1H3,(H,14,15)/i1D3.